The van der Waals surface area contributed by atoms with Gasteiger partial charge in [-0.15, -0.1) is 11.8 Å². The monoisotopic (exact) mass is 422 g/mol. The lowest BCUT2D eigenvalue weighted by Crippen LogP contribution is -1.93. The zero-order valence-corrected chi connectivity index (χ0v) is 17.4. The molecule has 4 aromatic rings. The Bertz CT molecular complexity index is 1110. The van der Waals surface area contributed by atoms with Gasteiger partial charge in [-0.05, 0) is 53.2 Å². The Morgan fingerprint density at radius 1 is 0.679 bits per heavy atom. The average Bonchev–Trinajstić information content (AvgIpc) is 2.74. The highest BCUT2D eigenvalue weighted by Gasteiger charge is 2.12. The van der Waals surface area contributed by atoms with E-state index in [4.69, 9.17) is 23.2 Å². The van der Waals surface area contributed by atoms with E-state index in [0.29, 0.717) is 5.02 Å². The van der Waals surface area contributed by atoms with Crippen molar-refractivity contribution in [3.63, 3.8) is 0 Å². The fraction of sp³-hybridized carbons (Fsp3) is 0.0435. The van der Waals surface area contributed by atoms with Gasteiger partial charge in [-0.1, -0.05) is 66.2 Å². The van der Waals surface area contributed by atoms with Crippen molar-refractivity contribution in [1.29, 1.82) is 0 Å². The molecule has 0 amide bonds. The van der Waals surface area contributed by atoms with Gasteiger partial charge in [-0.3, -0.25) is 0 Å². The van der Waals surface area contributed by atoms with Gasteiger partial charge >= 0.3 is 0 Å². The van der Waals surface area contributed by atoms with E-state index in [-0.39, 0.29) is 5.28 Å². The number of thioether (sulfide) groups is 1. The topological polar surface area (TPSA) is 25.8 Å². The molecule has 0 spiro atoms. The van der Waals surface area contributed by atoms with E-state index in [9.17, 15) is 0 Å². The lowest BCUT2D eigenvalue weighted by Gasteiger charge is -2.10. The van der Waals surface area contributed by atoms with Gasteiger partial charge in [-0.2, -0.15) is 0 Å². The van der Waals surface area contributed by atoms with Crippen molar-refractivity contribution in [3.05, 3.63) is 89.2 Å². The zero-order valence-electron chi connectivity index (χ0n) is 15.1. The third-order valence-corrected chi connectivity index (χ3v) is 5.62. The van der Waals surface area contributed by atoms with Crippen molar-refractivity contribution >= 4 is 35.0 Å². The number of rotatable bonds is 4. The van der Waals surface area contributed by atoms with Crippen LogP contribution in [0.5, 0.6) is 0 Å². The normalized spacial score (nSPS) is 10.8. The number of halogens is 2. The molecular weight excluding hydrogens is 407 g/mol. The van der Waals surface area contributed by atoms with Crippen LogP contribution in [0.4, 0.5) is 0 Å². The summed E-state index contributed by atoms with van der Waals surface area (Å²) in [5, 5.41) is 0.878. The maximum atomic E-state index is 6.25. The fourth-order valence-corrected chi connectivity index (χ4v) is 3.99. The standard InChI is InChI=1S/C23H16Cl2N2S/c1-28-22-12-11-18(24)13-19(22)21-14-20(26-23(25)27-21)17-9-7-16(8-10-17)15-5-3-2-4-6-15/h2-14H,1H3. The highest BCUT2D eigenvalue weighted by atomic mass is 35.5. The summed E-state index contributed by atoms with van der Waals surface area (Å²) < 4.78 is 0. The molecule has 0 N–H and O–H groups in total. The number of benzene rings is 3. The molecule has 0 aliphatic heterocycles. The predicted molar refractivity (Wildman–Crippen MR) is 120 cm³/mol. The van der Waals surface area contributed by atoms with Crippen molar-refractivity contribution in [3.8, 4) is 33.6 Å². The molecule has 2 nitrogen and oxygen atoms in total. The summed E-state index contributed by atoms with van der Waals surface area (Å²) in [7, 11) is 0. The summed E-state index contributed by atoms with van der Waals surface area (Å²) in [4.78, 5) is 9.94. The molecule has 138 valence electrons. The van der Waals surface area contributed by atoms with Crippen LogP contribution in [-0.2, 0) is 0 Å². The Kier molecular flexibility index (Phi) is 5.67. The molecule has 0 saturated carbocycles. The Balaban J connectivity index is 1.75. The van der Waals surface area contributed by atoms with Crippen LogP contribution in [0.25, 0.3) is 33.6 Å². The second kappa shape index (κ2) is 8.36. The summed E-state index contributed by atoms with van der Waals surface area (Å²) in [6.45, 7) is 0. The molecule has 0 aliphatic rings. The molecular formula is C23H16Cl2N2S. The van der Waals surface area contributed by atoms with Crippen LogP contribution in [0.3, 0.4) is 0 Å². The molecule has 0 saturated heterocycles. The van der Waals surface area contributed by atoms with Gasteiger partial charge in [0.25, 0.3) is 0 Å². The minimum Gasteiger partial charge on any atom is -0.218 e. The Labute approximate surface area is 178 Å². The number of aromatic nitrogens is 2. The Morgan fingerprint density at radius 3 is 2.04 bits per heavy atom. The van der Waals surface area contributed by atoms with E-state index >= 15 is 0 Å². The largest absolute Gasteiger partial charge is 0.223 e. The molecule has 0 aliphatic carbocycles. The summed E-state index contributed by atoms with van der Waals surface area (Å²) in [6, 6.07) is 26.3. The van der Waals surface area contributed by atoms with Gasteiger partial charge < -0.3 is 0 Å². The number of hydrogen-bond acceptors (Lipinski definition) is 3. The summed E-state index contributed by atoms with van der Waals surface area (Å²) in [5.41, 5.74) is 5.81. The van der Waals surface area contributed by atoms with Crippen LogP contribution in [0.1, 0.15) is 0 Å². The molecule has 3 aromatic carbocycles. The zero-order chi connectivity index (χ0) is 19.5. The molecule has 0 bridgehead atoms. The maximum Gasteiger partial charge on any atom is 0.223 e. The second-order valence-corrected chi connectivity index (χ2v) is 7.82. The van der Waals surface area contributed by atoms with E-state index in [1.165, 1.54) is 5.56 Å². The quantitative estimate of drug-likeness (QED) is 0.251. The van der Waals surface area contributed by atoms with Crippen LogP contribution in [-0.4, -0.2) is 16.2 Å². The number of hydrogen-bond donors (Lipinski definition) is 0. The van der Waals surface area contributed by atoms with Gasteiger partial charge in [0.1, 0.15) is 0 Å². The van der Waals surface area contributed by atoms with E-state index in [1.54, 1.807) is 11.8 Å². The van der Waals surface area contributed by atoms with Crippen molar-refractivity contribution in [2.45, 2.75) is 4.90 Å². The molecule has 0 radical (unpaired) electrons. The molecule has 28 heavy (non-hydrogen) atoms. The minimum atomic E-state index is 0.215. The first-order valence-corrected chi connectivity index (χ1v) is 10.7. The predicted octanol–water partition coefficient (Wildman–Crippen LogP) is 7.51. The lowest BCUT2D eigenvalue weighted by atomic mass is 10.0. The van der Waals surface area contributed by atoms with Gasteiger partial charge in [0.05, 0.1) is 11.4 Å². The maximum absolute atomic E-state index is 6.25. The first-order valence-electron chi connectivity index (χ1n) is 8.68. The SMILES string of the molecule is CSc1ccc(Cl)cc1-c1cc(-c2ccc(-c3ccccc3)cc2)nc(Cl)n1. The third kappa shape index (κ3) is 4.07. The molecule has 0 atom stereocenters. The molecule has 0 unspecified atom stereocenters. The first kappa shape index (κ1) is 19.0. The molecule has 1 heterocycles. The van der Waals surface area contributed by atoms with Crippen molar-refractivity contribution in [2.24, 2.45) is 0 Å². The Hall–Kier alpha value is -2.33. The van der Waals surface area contributed by atoms with Crippen molar-refractivity contribution in [2.75, 3.05) is 6.26 Å². The first-order chi connectivity index (χ1) is 13.6. The van der Waals surface area contributed by atoms with Crippen LogP contribution >= 0.6 is 35.0 Å². The Morgan fingerprint density at radius 2 is 1.32 bits per heavy atom. The van der Waals surface area contributed by atoms with Crippen LogP contribution < -0.4 is 0 Å². The fourth-order valence-electron chi connectivity index (χ4n) is 3.05. The van der Waals surface area contributed by atoms with Crippen LogP contribution in [0.15, 0.2) is 83.8 Å². The second-order valence-electron chi connectivity index (χ2n) is 6.20. The van der Waals surface area contributed by atoms with E-state index < -0.39 is 0 Å². The summed E-state index contributed by atoms with van der Waals surface area (Å²) >= 11 is 14.1. The van der Waals surface area contributed by atoms with Crippen molar-refractivity contribution < 1.29 is 0 Å². The highest BCUT2D eigenvalue weighted by Crippen LogP contribution is 2.34. The van der Waals surface area contributed by atoms with Gasteiger partial charge in [0.2, 0.25) is 5.28 Å². The molecule has 4 rings (SSSR count). The number of nitrogens with zero attached hydrogens (tertiary/aromatic N) is 2. The van der Waals surface area contributed by atoms with Gasteiger partial charge in [0, 0.05) is 21.0 Å². The van der Waals surface area contributed by atoms with Crippen molar-refractivity contribution in [1.82, 2.24) is 9.97 Å². The van der Waals surface area contributed by atoms with Gasteiger partial charge in [-0.25, -0.2) is 9.97 Å². The van der Waals surface area contributed by atoms with E-state index in [0.717, 1.165) is 33.0 Å². The van der Waals surface area contributed by atoms with E-state index in [1.807, 2.05) is 48.7 Å². The van der Waals surface area contributed by atoms with Gasteiger partial charge in [0.15, 0.2) is 0 Å². The molecule has 5 heteroatoms. The highest BCUT2D eigenvalue weighted by molar-refractivity contribution is 7.98. The lowest BCUT2D eigenvalue weighted by molar-refractivity contribution is 1.17. The van der Waals surface area contributed by atoms with E-state index in [2.05, 4.69) is 46.4 Å². The third-order valence-electron chi connectivity index (χ3n) is 4.42. The smallest absolute Gasteiger partial charge is 0.218 e. The molecule has 1 aromatic heterocycles. The minimum absolute atomic E-state index is 0.215. The summed E-state index contributed by atoms with van der Waals surface area (Å²) in [6.07, 6.45) is 2.03. The molecule has 0 fully saturated rings. The van der Waals surface area contributed by atoms with Crippen LogP contribution in [0, 0.1) is 0 Å². The van der Waals surface area contributed by atoms with Crippen LogP contribution in [0.2, 0.25) is 10.3 Å². The summed E-state index contributed by atoms with van der Waals surface area (Å²) in [5.74, 6) is 0. The average molecular weight is 423 g/mol.